The molecule has 4 heteroatoms. The average Bonchev–Trinajstić information content (AvgIpc) is 3.03. The Morgan fingerprint density at radius 3 is 2.47 bits per heavy atom. The highest BCUT2D eigenvalue weighted by Gasteiger charge is 2.59. The van der Waals surface area contributed by atoms with Crippen LogP contribution in [0.4, 0.5) is 4.39 Å². The maximum atomic E-state index is 13.2. The second-order valence-electron chi connectivity index (χ2n) is 11.1. The van der Waals surface area contributed by atoms with Gasteiger partial charge in [0.1, 0.15) is 5.82 Å². The summed E-state index contributed by atoms with van der Waals surface area (Å²) in [7, 11) is 0. The van der Waals surface area contributed by atoms with Crippen LogP contribution in [0, 0.1) is 18.2 Å². The van der Waals surface area contributed by atoms with Gasteiger partial charge in [0.15, 0.2) is 5.78 Å². The third-order valence-electron chi connectivity index (χ3n) is 9.02. The topological polar surface area (TPSA) is 20.3 Å². The molecule has 3 atom stereocenters. The number of Topliss-reactive ketones (excluding diaryl/α,β-unsaturated/α-hetero) is 1. The minimum atomic E-state index is -0.302. The molecule has 2 nitrogen and oxygen atoms in total. The number of ketones is 1. The Labute approximate surface area is 221 Å². The number of carbonyl (C=O) groups is 1. The number of hydrogen-bond donors (Lipinski definition) is 0. The summed E-state index contributed by atoms with van der Waals surface area (Å²) in [4.78, 5) is 15.1. The van der Waals surface area contributed by atoms with Crippen LogP contribution in [0.5, 0.6) is 0 Å². The number of hydrogen-bond acceptors (Lipinski definition) is 2. The summed E-state index contributed by atoms with van der Waals surface area (Å²) in [6, 6.07) is 23.9. The van der Waals surface area contributed by atoms with E-state index in [4.69, 9.17) is 0 Å². The molecule has 36 heavy (non-hydrogen) atoms. The molecule has 2 aliphatic rings. The minimum Gasteiger partial charge on any atom is -0.302 e. The first kappa shape index (κ1) is 26.6. The van der Waals surface area contributed by atoms with Crippen molar-refractivity contribution in [2.75, 3.05) is 19.6 Å². The van der Waals surface area contributed by atoms with E-state index in [1.807, 2.05) is 0 Å². The predicted molar refractivity (Wildman–Crippen MR) is 148 cm³/mol. The number of fused-ring (bicyclic) bond motifs is 3. The van der Waals surface area contributed by atoms with Gasteiger partial charge in [0.25, 0.3) is 0 Å². The van der Waals surface area contributed by atoms with Gasteiger partial charge >= 0.3 is 0 Å². The third kappa shape index (κ3) is 4.76. The number of piperidine rings is 1. The summed E-state index contributed by atoms with van der Waals surface area (Å²) in [5, 5.41) is 0. The fourth-order valence-electron chi connectivity index (χ4n) is 6.74. The highest BCUT2D eigenvalue weighted by Crippen LogP contribution is 2.63. The summed E-state index contributed by atoms with van der Waals surface area (Å²) >= 11 is 0. The summed E-state index contributed by atoms with van der Waals surface area (Å²) < 4.78 is 13.2. The van der Waals surface area contributed by atoms with Crippen LogP contribution in [-0.2, 0) is 11.8 Å². The van der Waals surface area contributed by atoms with E-state index in [0.29, 0.717) is 17.9 Å². The fraction of sp³-hybridized carbons (Fsp3) is 0.406. The summed E-state index contributed by atoms with van der Waals surface area (Å²) in [5.74, 6) is 0.305. The number of likely N-dealkylation sites (tertiary alicyclic amines) is 1. The molecule has 3 aromatic carbocycles. The van der Waals surface area contributed by atoms with E-state index in [0.717, 1.165) is 38.9 Å². The normalized spacial score (nSPS) is 25.1. The van der Waals surface area contributed by atoms with Gasteiger partial charge in [0.05, 0.1) is 0 Å². The molecule has 0 saturated carbocycles. The first-order chi connectivity index (χ1) is 16.8. The number of nitrogens with zero attached hydrogens (tertiary/aromatic N) is 1. The number of benzene rings is 3. The van der Waals surface area contributed by atoms with Crippen molar-refractivity contribution in [3.8, 4) is 0 Å². The monoisotopic (exact) mass is 505 g/mol. The molecule has 190 valence electrons. The number of halogens is 2. The van der Waals surface area contributed by atoms with Crippen molar-refractivity contribution in [3.63, 3.8) is 0 Å². The molecule has 1 aliphatic heterocycles. The van der Waals surface area contributed by atoms with Crippen molar-refractivity contribution >= 4 is 18.2 Å². The van der Waals surface area contributed by atoms with Crippen molar-refractivity contribution in [2.45, 2.75) is 57.8 Å². The molecule has 0 bridgehead atoms. The van der Waals surface area contributed by atoms with Crippen LogP contribution in [0.3, 0.4) is 0 Å². The Balaban J connectivity index is 0.00000304. The van der Waals surface area contributed by atoms with Gasteiger partial charge in [-0.25, -0.2) is 4.39 Å². The summed E-state index contributed by atoms with van der Waals surface area (Å²) in [5.41, 5.74) is 6.66. The molecule has 1 fully saturated rings. The van der Waals surface area contributed by atoms with Gasteiger partial charge in [0, 0.05) is 23.9 Å². The van der Waals surface area contributed by atoms with E-state index in [1.165, 1.54) is 34.4 Å². The Morgan fingerprint density at radius 2 is 1.75 bits per heavy atom. The van der Waals surface area contributed by atoms with Gasteiger partial charge in [-0.05, 0) is 91.6 Å². The Morgan fingerprint density at radius 1 is 1.03 bits per heavy atom. The number of carbonyl (C=O) groups excluding carboxylic acids is 1. The molecule has 0 spiro atoms. The average molecular weight is 506 g/mol. The molecule has 1 aliphatic carbocycles. The van der Waals surface area contributed by atoms with Crippen LogP contribution in [-0.4, -0.2) is 30.3 Å². The Hall–Kier alpha value is -2.49. The Kier molecular flexibility index (Phi) is 7.73. The molecular formula is C32H37ClFNO. The highest BCUT2D eigenvalue weighted by atomic mass is 35.5. The quantitative estimate of drug-likeness (QED) is 0.309. The van der Waals surface area contributed by atoms with E-state index < -0.39 is 0 Å². The van der Waals surface area contributed by atoms with Gasteiger partial charge in [-0.2, -0.15) is 0 Å². The zero-order chi connectivity index (χ0) is 24.6. The zero-order valence-electron chi connectivity index (χ0n) is 21.6. The van der Waals surface area contributed by atoms with Crippen LogP contribution in [0.25, 0.3) is 0 Å². The Bertz CT molecular complexity index is 1210. The van der Waals surface area contributed by atoms with E-state index in [1.54, 1.807) is 12.1 Å². The first-order valence-electron chi connectivity index (χ1n) is 13.0. The molecule has 1 saturated heterocycles. The van der Waals surface area contributed by atoms with Crippen molar-refractivity contribution in [3.05, 3.63) is 106 Å². The van der Waals surface area contributed by atoms with E-state index in [9.17, 15) is 9.18 Å². The van der Waals surface area contributed by atoms with Gasteiger partial charge < -0.3 is 4.90 Å². The maximum Gasteiger partial charge on any atom is 0.162 e. The molecule has 0 radical (unpaired) electrons. The first-order valence-corrected chi connectivity index (χ1v) is 13.0. The van der Waals surface area contributed by atoms with Crippen LogP contribution in [0.2, 0.25) is 0 Å². The predicted octanol–water partition coefficient (Wildman–Crippen LogP) is 7.53. The van der Waals surface area contributed by atoms with Crippen LogP contribution in [0.15, 0.2) is 72.8 Å². The summed E-state index contributed by atoms with van der Waals surface area (Å²) in [6.45, 7) is 10.2. The molecule has 0 aromatic heterocycles. The van der Waals surface area contributed by atoms with E-state index in [-0.39, 0.29) is 34.8 Å². The van der Waals surface area contributed by atoms with Crippen LogP contribution >= 0.6 is 12.4 Å². The molecule has 5 rings (SSSR count). The number of aryl methyl sites for hydroxylation is 1. The third-order valence-corrected chi connectivity index (χ3v) is 9.02. The largest absolute Gasteiger partial charge is 0.302 e. The standard InChI is InChI=1S/C32H36FNO.ClH/c1-23-11-16-27-28(20-23)32(3)22-34(18-7-10-30(35)25-12-14-26(33)15-13-25)19-17-31(32,2)29(27)21-24-8-5-4-6-9-24;/h4-6,8-9,11-16,20,29H,7,10,17-19,21-22H2,1-3H3;1H/t29?,31-,32+;/m0./s1. The maximum absolute atomic E-state index is 13.2. The van der Waals surface area contributed by atoms with Gasteiger partial charge in [0.2, 0.25) is 0 Å². The van der Waals surface area contributed by atoms with Crippen LogP contribution in [0.1, 0.15) is 71.6 Å². The van der Waals surface area contributed by atoms with Crippen molar-refractivity contribution < 1.29 is 9.18 Å². The van der Waals surface area contributed by atoms with E-state index >= 15 is 0 Å². The SMILES string of the molecule is Cc1ccc2c(c1)[C@@]1(C)CN(CCCC(=O)c3ccc(F)cc3)CC[C@@]1(C)C2Cc1ccccc1.Cl. The second kappa shape index (κ2) is 10.5. The van der Waals surface area contributed by atoms with Gasteiger partial charge in [-0.15, -0.1) is 12.4 Å². The smallest absolute Gasteiger partial charge is 0.162 e. The highest BCUT2D eigenvalue weighted by molar-refractivity contribution is 5.95. The van der Waals surface area contributed by atoms with Crippen molar-refractivity contribution in [1.29, 1.82) is 0 Å². The molecule has 3 aromatic rings. The summed E-state index contributed by atoms with van der Waals surface area (Å²) in [6.07, 6.45) is 3.56. The van der Waals surface area contributed by atoms with Crippen molar-refractivity contribution in [1.82, 2.24) is 4.90 Å². The molecule has 1 heterocycles. The lowest BCUT2D eigenvalue weighted by Gasteiger charge is -2.52. The van der Waals surface area contributed by atoms with Gasteiger partial charge in [-0.1, -0.05) is 67.9 Å². The van der Waals surface area contributed by atoms with Gasteiger partial charge in [-0.3, -0.25) is 4.79 Å². The molecule has 1 unspecified atom stereocenters. The molecule has 0 N–H and O–H groups in total. The lowest BCUT2D eigenvalue weighted by atomic mass is 9.58. The fourth-order valence-corrected chi connectivity index (χ4v) is 6.74. The number of rotatable bonds is 7. The van der Waals surface area contributed by atoms with Crippen LogP contribution < -0.4 is 0 Å². The van der Waals surface area contributed by atoms with Crippen molar-refractivity contribution in [2.24, 2.45) is 5.41 Å². The molecular weight excluding hydrogens is 469 g/mol. The zero-order valence-corrected chi connectivity index (χ0v) is 22.4. The van der Waals surface area contributed by atoms with E-state index in [2.05, 4.69) is 74.2 Å². The second-order valence-corrected chi connectivity index (χ2v) is 11.1. The lowest BCUT2D eigenvalue weighted by molar-refractivity contribution is 0.0208. The lowest BCUT2D eigenvalue weighted by Crippen LogP contribution is -2.55. The minimum absolute atomic E-state index is 0. The molecule has 0 amide bonds.